The van der Waals surface area contributed by atoms with Gasteiger partial charge in [-0.2, -0.15) is 18.2 Å². The van der Waals surface area contributed by atoms with Crippen LogP contribution in [0.25, 0.3) is 11.4 Å². The van der Waals surface area contributed by atoms with Crippen LogP contribution < -0.4 is 11.6 Å². The zero-order valence-corrected chi connectivity index (χ0v) is 14.1. The van der Waals surface area contributed by atoms with Crippen LogP contribution in [0.1, 0.15) is 32.2 Å². The van der Waals surface area contributed by atoms with Crippen molar-refractivity contribution in [3.8, 4) is 11.4 Å². The van der Waals surface area contributed by atoms with Crippen molar-refractivity contribution >= 4 is 0 Å². The van der Waals surface area contributed by atoms with Crippen molar-refractivity contribution in [3.63, 3.8) is 0 Å². The molecule has 0 radical (unpaired) electrons. The van der Waals surface area contributed by atoms with E-state index in [1.807, 2.05) is 20.8 Å². The topological polar surface area (TPSA) is 94.2 Å². The lowest BCUT2D eigenvalue weighted by Gasteiger charge is -2.22. The number of nitrogens with two attached hydrogens (primary N) is 2. The summed E-state index contributed by atoms with van der Waals surface area (Å²) in [4.78, 5) is 3.34. The van der Waals surface area contributed by atoms with E-state index in [0.29, 0.717) is 17.8 Å². The molecule has 1 aromatic heterocycles. The van der Waals surface area contributed by atoms with Crippen LogP contribution in [-0.4, -0.2) is 15.1 Å². The number of hydrogen-bond acceptors (Lipinski definition) is 6. The summed E-state index contributed by atoms with van der Waals surface area (Å²) >= 11 is 0. The van der Waals surface area contributed by atoms with Gasteiger partial charge in [0.1, 0.15) is 0 Å². The van der Waals surface area contributed by atoms with Crippen molar-refractivity contribution in [2.45, 2.75) is 33.5 Å². The smallest absolute Gasteiger partial charge is 0.400 e. The van der Waals surface area contributed by atoms with Crippen molar-refractivity contribution < 1.29 is 17.7 Å². The summed E-state index contributed by atoms with van der Waals surface area (Å²) in [5.41, 5.74) is 7.67. The third kappa shape index (κ3) is 4.96. The van der Waals surface area contributed by atoms with Gasteiger partial charge in [-0.25, -0.2) is 5.84 Å². The minimum atomic E-state index is -4.66. The van der Waals surface area contributed by atoms with Crippen LogP contribution in [0.5, 0.6) is 0 Å². The summed E-state index contributed by atoms with van der Waals surface area (Å²) in [5.74, 6) is 4.42. The van der Waals surface area contributed by atoms with Gasteiger partial charge in [0, 0.05) is 22.9 Å². The molecule has 136 valence electrons. The molecule has 0 atom stereocenters. The van der Waals surface area contributed by atoms with Gasteiger partial charge in [-0.1, -0.05) is 50.2 Å². The second-order valence-corrected chi connectivity index (χ2v) is 6.62. The van der Waals surface area contributed by atoms with E-state index in [9.17, 15) is 13.2 Å². The lowest BCUT2D eigenvalue weighted by molar-refractivity contribution is -0.159. The van der Waals surface area contributed by atoms with Crippen LogP contribution in [-0.2, 0) is 12.7 Å². The van der Waals surface area contributed by atoms with E-state index in [2.05, 4.69) is 14.7 Å². The molecular formula is C16H20F3N5O. The molecule has 0 spiro atoms. The number of nitrogens with zero attached hydrogens (tertiary/aromatic N) is 3. The first-order valence-corrected chi connectivity index (χ1v) is 7.46. The maximum Gasteiger partial charge on any atom is 0.471 e. The quantitative estimate of drug-likeness (QED) is 0.646. The van der Waals surface area contributed by atoms with Gasteiger partial charge in [-0.15, -0.1) is 0 Å². The van der Waals surface area contributed by atoms with Crippen molar-refractivity contribution in [3.05, 3.63) is 47.6 Å². The number of hydrogen-bond donors (Lipinski definition) is 2. The number of halogens is 3. The maximum atomic E-state index is 12.5. The van der Waals surface area contributed by atoms with Gasteiger partial charge in [0.15, 0.2) is 0 Å². The van der Waals surface area contributed by atoms with E-state index in [-0.39, 0.29) is 11.2 Å². The Morgan fingerprint density at radius 1 is 1.20 bits per heavy atom. The number of aromatic nitrogens is 2. The van der Waals surface area contributed by atoms with Gasteiger partial charge in [0.2, 0.25) is 5.82 Å². The molecule has 0 aliphatic rings. The van der Waals surface area contributed by atoms with Crippen LogP contribution in [0.2, 0.25) is 0 Å². The van der Waals surface area contributed by atoms with E-state index in [4.69, 9.17) is 11.6 Å². The Bertz CT molecular complexity index is 744. The highest BCUT2D eigenvalue weighted by atomic mass is 19.4. The Morgan fingerprint density at radius 3 is 2.28 bits per heavy atom. The molecule has 1 heterocycles. The molecule has 1 aromatic carbocycles. The van der Waals surface area contributed by atoms with E-state index in [1.54, 1.807) is 30.5 Å². The first-order chi connectivity index (χ1) is 11.5. The Labute approximate surface area is 143 Å². The Kier molecular flexibility index (Phi) is 5.07. The second-order valence-electron chi connectivity index (χ2n) is 6.62. The summed E-state index contributed by atoms with van der Waals surface area (Å²) in [7, 11) is 0. The highest BCUT2D eigenvalue weighted by Gasteiger charge is 2.38. The Morgan fingerprint density at radius 2 is 1.80 bits per heavy atom. The zero-order chi connectivity index (χ0) is 18.8. The third-order valence-electron chi connectivity index (χ3n) is 3.42. The first-order valence-electron chi connectivity index (χ1n) is 7.46. The molecule has 0 aliphatic heterocycles. The average Bonchev–Trinajstić information content (AvgIpc) is 2.96. The van der Waals surface area contributed by atoms with Gasteiger partial charge < -0.3 is 15.3 Å². The largest absolute Gasteiger partial charge is 0.471 e. The van der Waals surface area contributed by atoms with Crippen molar-refractivity contribution in [1.29, 1.82) is 0 Å². The van der Waals surface area contributed by atoms with E-state index in [0.717, 1.165) is 5.56 Å². The molecule has 0 saturated heterocycles. The number of rotatable bonds is 4. The molecule has 25 heavy (non-hydrogen) atoms. The van der Waals surface area contributed by atoms with E-state index >= 15 is 0 Å². The molecule has 0 fully saturated rings. The summed E-state index contributed by atoms with van der Waals surface area (Å²) < 4.78 is 41.7. The zero-order valence-electron chi connectivity index (χ0n) is 14.1. The van der Waals surface area contributed by atoms with Crippen LogP contribution >= 0.6 is 0 Å². The molecule has 0 saturated carbocycles. The number of allylic oxidation sites excluding steroid dienone is 1. The van der Waals surface area contributed by atoms with Crippen molar-refractivity contribution in [2.75, 3.05) is 0 Å². The molecule has 2 rings (SSSR count). The van der Waals surface area contributed by atoms with Crippen LogP contribution in [0.4, 0.5) is 13.2 Å². The van der Waals surface area contributed by atoms with Crippen LogP contribution in [0, 0.1) is 5.41 Å². The fraction of sp³-hybridized carbons (Fsp3) is 0.375. The third-order valence-corrected chi connectivity index (χ3v) is 3.42. The molecular weight excluding hydrogens is 335 g/mol. The van der Waals surface area contributed by atoms with Crippen molar-refractivity contribution in [1.82, 2.24) is 15.1 Å². The summed E-state index contributed by atoms with van der Waals surface area (Å²) in [6, 6.07) is 6.65. The lowest BCUT2D eigenvalue weighted by Crippen LogP contribution is -2.28. The summed E-state index contributed by atoms with van der Waals surface area (Å²) in [5, 5.41) is 4.79. The molecule has 0 amide bonds. The number of hydrazine groups is 1. The van der Waals surface area contributed by atoms with Gasteiger partial charge in [0.25, 0.3) is 0 Å². The second kappa shape index (κ2) is 6.75. The fourth-order valence-corrected chi connectivity index (χ4v) is 1.84. The van der Waals surface area contributed by atoms with Gasteiger partial charge in [-0.3, -0.25) is 0 Å². The lowest BCUT2D eigenvalue weighted by atomic mass is 9.93. The predicted octanol–water partition coefficient (Wildman–Crippen LogP) is 3.28. The van der Waals surface area contributed by atoms with Crippen LogP contribution in [0.15, 0.2) is 40.7 Å². The Hall–Kier alpha value is -2.55. The maximum absolute atomic E-state index is 12.5. The van der Waals surface area contributed by atoms with Gasteiger partial charge >= 0.3 is 12.1 Å². The molecule has 2 aromatic rings. The Balaban J connectivity index is 2.09. The fourth-order valence-electron chi connectivity index (χ4n) is 1.84. The summed E-state index contributed by atoms with van der Waals surface area (Å²) in [6.07, 6.45) is -3.01. The van der Waals surface area contributed by atoms with Gasteiger partial charge in [0.05, 0.1) is 6.54 Å². The molecule has 4 N–H and O–H groups in total. The predicted molar refractivity (Wildman–Crippen MR) is 86.2 cm³/mol. The highest BCUT2D eigenvalue weighted by molar-refractivity contribution is 5.54. The highest BCUT2D eigenvalue weighted by Crippen LogP contribution is 2.29. The normalized spacial score (nSPS) is 13.2. The van der Waals surface area contributed by atoms with Crippen molar-refractivity contribution in [2.24, 2.45) is 17.0 Å². The average molecular weight is 355 g/mol. The molecule has 0 unspecified atom stereocenters. The standard InChI is InChI=1S/C16H20F3N5O/c1-15(2,3)12(20)9-24(21)8-10-4-6-11(7-5-10)13-22-14(25-23-13)16(17,18)19/h4-7,9H,8,20-21H2,1-3H3/b12-9-. The van der Waals surface area contributed by atoms with Crippen LogP contribution in [0.3, 0.4) is 0 Å². The molecule has 6 nitrogen and oxygen atoms in total. The molecule has 0 bridgehead atoms. The minimum absolute atomic E-state index is 0.125. The van der Waals surface area contributed by atoms with Gasteiger partial charge in [-0.05, 0) is 5.56 Å². The SMILES string of the molecule is CC(C)(C)/C(N)=C/N(N)Cc1ccc(-c2noc(C(F)(F)F)n2)cc1. The minimum Gasteiger partial charge on any atom is -0.400 e. The van der Waals surface area contributed by atoms with E-state index in [1.165, 1.54) is 5.01 Å². The molecule has 9 heteroatoms. The number of benzene rings is 1. The summed E-state index contributed by atoms with van der Waals surface area (Å²) in [6.45, 7) is 6.31. The first kappa shape index (κ1) is 18.8. The number of alkyl halides is 3. The molecule has 0 aliphatic carbocycles. The van der Waals surface area contributed by atoms with E-state index < -0.39 is 12.1 Å². The monoisotopic (exact) mass is 355 g/mol.